The van der Waals surface area contributed by atoms with Gasteiger partial charge in [0.05, 0.1) is 10.5 Å². The predicted molar refractivity (Wildman–Crippen MR) is 104 cm³/mol. The van der Waals surface area contributed by atoms with Gasteiger partial charge < -0.3 is 4.74 Å². The molecule has 4 aliphatic carbocycles. The SMILES string of the molecule is O=C(OC1(c2ccccc2)C2CC3CC(C2)CC1C3)c1ccc([N+](=O)[O-])cc1. The first-order valence-electron chi connectivity index (χ1n) is 10.1. The van der Waals surface area contributed by atoms with Crippen molar-refractivity contribution in [2.24, 2.45) is 23.7 Å². The van der Waals surface area contributed by atoms with E-state index in [1.807, 2.05) is 18.2 Å². The summed E-state index contributed by atoms with van der Waals surface area (Å²) in [5.74, 6) is 1.85. The maximum absolute atomic E-state index is 13.1. The Morgan fingerprint density at radius 3 is 2.00 bits per heavy atom. The molecule has 0 aromatic heterocycles. The van der Waals surface area contributed by atoms with Crippen molar-refractivity contribution in [1.82, 2.24) is 0 Å². The van der Waals surface area contributed by atoms with Crippen LogP contribution in [0.5, 0.6) is 0 Å². The highest BCUT2D eigenvalue weighted by molar-refractivity contribution is 5.90. The van der Waals surface area contributed by atoms with Crippen LogP contribution in [0.3, 0.4) is 0 Å². The first-order chi connectivity index (χ1) is 13.6. The number of esters is 1. The van der Waals surface area contributed by atoms with Crippen LogP contribution in [0.25, 0.3) is 0 Å². The Labute approximate surface area is 163 Å². The molecule has 2 aromatic rings. The number of carbonyl (C=O) groups excluding carboxylic acids is 1. The van der Waals surface area contributed by atoms with Crippen LogP contribution in [-0.2, 0) is 10.3 Å². The summed E-state index contributed by atoms with van der Waals surface area (Å²) in [5.41, 5.74) is 0.866. The average molecular weight is 377 g/mol. The Kier molecular flexibility index (Phi) is 4.00. The molecule has 4 fully saturated rings. The monoisotopic (exact) mass is 377 g/mol. The van der Waals surface area contributed by atoms with Gasteiger partial charge in [0.1, 0.15) is 5.60 Å². The minimum absolute atomic E-state index is 0.0241. The smallest absolute Gasteiger partial charge is 0.339 e. The van der Waals surface area contributed by atoms with E-state index < -0.39 is 10.5 Å². The quantitative estimate of drug-likeness (QED) is 0.422. The zero-order valence-corrected chi connectivity index (χ0v) is 15.6. The second kappa shape index (κ2) is 6.43. The van der Waals surface area contributed by atoms with Gasteiger partial charge in [-0.05, 0) is 61.6 Å². The van der Waals surface area contributed by atoms with Gasteiger partial charge in [-0.15, -0.1) is 0 Å². The van der Waals surface area contributed by atoms with Gasteiger partial charge >= 0.3 is 5.97 Å². The molecule has 4 aliphatic rings. The number of nitro benzene ring substituents is 1. The Hall–Kier alpha value is -2.69. The number of rotatable bonds is 4. The van der Waals surface area contributed by atoms with Gasteiger partial charge in [-0.1, -0.05) is 30.3 Å². The molecule has 0 unspecified atom stereocenters. The lowest BCUT2D eigenvalue weighted by Crippen LogP contribution is -2.57. The van der Waals surface area contributed by atoms with Crippen molar-refractivity contribution < 1.29 is 14.5 Å². The van der Waals surface area contributed by atoms with Crippen molar-refractivity contribution in [3.63, 3.8) is 0 Å². The number of hydrogen-bond donors (Lipinski definition) is 0. The minimum atomic E-state index is -0.576. The van der Waals surface area contributed by atoms with E-state index in [2.05, 4.69) is 12.1 Å². The van der Waals surface area contributed by atoms with Crippen LogP contribution in [0.1, 0.15) is 48.0 Å². The van der Waals surface area contributed by atoms with E-state index in [-0.39, 0.29) is 11.7 Å². The Morgan fingerprint density at radius 1 is 0.893 bits per heavy atom. The van der Waals surface area contributed by atoms with Crippen molar-refractivity contribution in [1.29, 1.82) is 0 Å². The molecule has 5 nitrogen and oxygen atoms in total. The van der Waals surface area contributed by atoms with Gasteiger partial charge in [-0.3, -0.25) is 10.1 Å². The summed E-state index contributed by atoms with van der Waals surface area (Å²) >= 11 is 0. The Balaban J connectivity index is 1.51. The van der Waals surface area contributed by atoms with Crippen LogP contribution < -0.4 is 0 Å². The number of hydrogen-bond acceptors (Lipinski definition) is 4. The molecule has 0 N–H and O–H groups in total. The van der Waals surface area contributed by atoms with Gasteiger partial charge in [-0.2, -0.15) is 0 Å². The third kappa shape index (κ3) is 2.64. The number of nitro groups is 1. The molecule has 0 amide bonds. The second-order valence-electron chi connectivity index (χ2n) is 8.66. The largest absolute Gasteiger partial charge is 0.450 e. The molecule has 2 aromatic carbocycles. The Bertz CT molecular complexity index is 878. The predicted octanol–water partition coefficient (Wildman–Crippen LogP) is 5.10. The lowest BCUT2D eigenvalue weighted by molar-refractivity contribution is -0.384. The average Bonchev–Trinajstić information content (AvgIpc) is 2.71. The van der Waals surface area contributed by atoms with Crippen molar-refractivity contribution in [3.05, 3.63) is 75.8 Å². The zero-order chi connectivity index (χ0) is 19.3. The molecule has 144 valence electrons. The van der Waals surface area contributed by atoms with Gasteiger partial charge in [0, 0.05) is 24.0 Å². The standard InChI is InChI=1S/C23H23NO4/c25-22(17-6-8-21(9-7-17)24(26)27)28-23(18-4-2-1-3-5-18)19-11-15-10-16(13-19)14-20(23)12-15/h1-9,15-16,19-20H,10-14H2. The van der Waals surface area contributed by atoms with Gasteiger partial charge in [0.15, 0.2) is 0 Å². The molecule has 0 spiro atoms. The van der Waals surface area contributed by atoms with E-state index in [1.54, 1.807) is 0 Å². The third-order valence-corrected chi connectivity index (χ3v) is 7.15. The number of carbonyl (C=O) groups is 1. The first-order valence-corrected chi connectivity index (χ1v) is 10.1. The van der Waals surface area contributed by atoms with E-state index in [0.717, 1.165) is 43.1 Å². The summed E-state index contributed by atoms with van der Waals surface area (Å²) in [6, 6.07) is 15.9. The van der Waals surface area contributed by atoms with Gasteiger partial charge in [0.25, 0.3) is 5.69 Å². The molecule has 6 rings (SSSR count). The fraction of sp³-hybridized carbons (Fsp3) is 0.435. The lowest BCUT2D eigenvalue weighted by atomic mass is 9.48. The summed E-state index contributed by atoms with van der Waals surface area (Å²) in [5, 5.41) is 10.9. The highest BCUT2D eigenvalue weighted by Crippen LogP contribution is 2.63. The van der Waals surface area contributed by atoms with Crippen LogP contribution in [0.15, 0.2) is 54.6 Å². The van der Waals surface area contributed by atoms with E-state index in [9.17, 15) is 14.9 Å². The van der Waals surface area contributed by atoms with E-state index >= 15 is 0 Å². The molecule has 0 aliphatic heterocycles. The fourth-order valence-electron chi connectivity index (χ4n) is 6.21. The van der Waals surface area contributed by atoms with Crippen LogP contribution in [0.4, 0.5) is 5.69 Å². The zero-order valence-electron chi connectivity index (χ0n) is 15.6. The van der Waals surface area contributed by atoms with Crippen molar-refractivity contribution in [3.8, 4) is 0 Å². The van der Waals surface area contributed by atoms with E-state index in [0.29, 0.717) is 17.4 Å². The van der Waals surface area contributed by atoms with Crippen molar-refractivity contribution in [2.75, 3.05) is 0 Å². The third-order valence-electron chi connectivity index (χ3n) is 7.15. The molecular weight excluding hydrogens is 354 g/mol. The molecule has 5 heteroatoms. The summed E-state index contributed by atoms with van der Waals surface area (Å²) in [4.78, 5) is 23.5. The summed E-state index contributed by atoms with van der Waals surface area (Å²) in [6.45, 7) is 0. The maximum atomic E-state index is 13.1. The van der Waals surface area contributed by atoms with Crippen LogP contribution in [0, 0.1) is 33.8 Å². The lowest BCUT2D eigenvalue weighted by Gasteiger charge is -2.60. The topological polar surface area (TPSA) is 69.4 Å². The molecule has 0 heterocycles. The summed E-state index contributed by atoms with van der Waals surface area (Å²) in [6.07, 6.45) is 5.81. The minimum Gasteiger partial charge on any atom is -0.450 e. The van der Waals surface area contributed by atoms with E-state index in [1.165, 1.54) is 30.7 Å². The normalized spacial score (nSPS) is 32.9. The number of ether oxygens (including phenoxy) is 1. The molecule has 4 saturated carbocycles. The maximum Gasteiger partial charge on any atom is 0.339 e. The number of non-ortho nitro benzene ring substituents is 1. The van der Waals surface area contributed by atoms with Crippen LogP contribution in [-0.4, -0.2) is 10.9 Å². The Morgan fingerprint density at radius 2 is 1.46 bits per heavy atom. The molecule has 0 radical (unpaired) electrons. The summed E-state index contributed by atoms with van der Waals surface area (Å²) in [7, 11) is 0. The van der Waals surface area contributed by atoms with Crippen molar-refractivity contribution >= 4 is 11.7 Å². The molecule has 0 saturated heterocycles. The second-order valence-corrected chi connectivity index (χ2v) is 8.66. The molecular formula is C23H23NO4. The van der Waals surface area contributed by atoms with Crippen molar-refractivity contribution in [2.45, 2.75) is 37.7 Å². The van der Waals surface area contributed by atoms with Crippen LogP contribution >= 0.6 is 0 Å². The highest BCUT2D eigenvalue weighted by atomic mass is 16.6. The highest BCUT2D eigenvalue weighted by Gasteiger charge is 2.60. The first kappa shape index (κ1) is 17.4. The van der Waals surface area contributed by atoms with Gasteiger partial charge in [0.2, 0.25) is 0 Å². The summed E-state index contributed by atoms with van der Waals surface area (Å²) < 4.78 is 6.38. The van der Waals surface area contributed by atoms with Gasteiger partial charge in [-0.25, -0.2) is 4.79 Å². The van der Waals surface area contributed by atoms with Crippen LogP contribution in [0.2, 0.25) is 0 Å². The fourth-order valence-corrected chi connectivity index (χ4v) is 6.21. The molecule has 4 bridgehead atoms. The number of nitrogens with zero attached hydrogens (tertiary/aromatic N) is 1. The molecule has 28 heavy (non-hydrogen) atoms. The van der Waals surface area contributed by atoms with E-state index in [4.69, 9.17) is 4.74 Å². The number of benzene rings is 2. The molecule has 0 atom stereocenters.